The summed E-state index contributed by atoms with van der Waals surface area (Å²) in [6, 6.07) is 12.4. The van der Waals surface area contributed by atoms with E-state index in [9.17, 15) is 18.0 Å². The van der Waals surface area contributed by atoms with Crippen LogP contribution in [0.15, 0.2) is 42.6 Å². The van der Waals surface area contributed by atoms with Crippen LogP contribution in [0.5, 0.6) is 0 Å². The molecule has 8 nitrogen and oxygen atoms in total. The van der Waals surface area contributed by atoms with Gasteiger partial charge in [-0.3, -0.25) is 4.79 Å². The van der Waals surface area contributed by atoms with E-state index in [0.717, 1.165) is 24.3 Å². The number of aryl methyl sites for hydroxylation is 1. The van der Waals surface area contributed by atoms with Crippen molar-refractivity contribution in [2.75, 3.05) is 13.1 Å². The van der Waals surface area contributed by atoms with E-state index in [1.54, 1.807) is 6.20 Å². The number of carbonyl (C=O) groups excluding carboxylic acids is 1. The van der Waals surface area contributed by atoms with Crippen LogP contribution >= 0.6 is 0 Å². The third-order valence-corrected chi connectivity index (χ3v) is 4.86. The third kappa shape index (κ3) is 6.27. The van der Waals surface area contributed by atoms with Crippen molar-refractivity contribution in [2.45, 2.75) is 31.5 Å². The maximum absolute atomic E-state index is 12.2. The second-order valence-electron chi connectivity index (χ2n) is 7.12. The Hall–Kier alpha value is -3.47. The predicted octanol–water partition coefficient (Wildman–Crippen LogP) is 2.53. The number of carboxylic acids is 1. The lowest BCUT2D eigenvalue weighted by atomic mass is 9.94. The van der Waals surface area contributed by atoms with E-state index in [0.29, 0.717) is 25.0 Å². The number of pyridine rings is 1. The van der Waals surface area contributed by atoms with Crippen LogP contribution in [-0.2, 0) is 22.4 Å². The zero-order valence-corrected chi connectivity index (χ0v) is 16.9. The molecule has 3 heterocycles. The fraction of sp³-hybridized carbons (Fsp3) is 0.333. The number of hydrogen-bond donors (Lipinski definition) is 4. The average Bonchev–Trinajstić information content (AvgIpc) is 3.19. The monoisotopic (exact) mass is 449 g/mol. The molecule has 0 aliphatic carbocycles. The molecule has 11 heteroatoms. The third-order valence-electron chi connectivity index (χ3n) is 4.86. The minimum atomic E-state index is -5.08. The number of rotatable bonds is 5. The lowest BCUT2D eigenvalue weighted by Gasteiger charge is -2.27. The number of nitrogens with zero attached hydrogens (tertiary/aromatic N) is 2. The van der Waals surface area contributed by atoms with Gasteiger partial charge in [0.05, 0.1) is 5.52 Å². The number of aromatic amines is 1. The van der Waals surface area contributed by atoms with Crippen LogP contribution < -0.4 is 10.6 Å². The molecule has 0 saturated heterocycles. The molecule has 2 aromatic heterocycles. The van der Waals surface area contributed by atoms with Crippen molar-refractivity contribution in [3.05, 3.63) is 59.5 Å². The van der Waals surface area contributed by atoms with Gasteiger partial charge in [0, 0.05) is 31.6 Å². The largest absolute Gasteiger partial charge is 0.490 e. The van der Waals surface area contributed by atoms with Crippen LogP contribution in [0.3, 0.4) is 0 Å². The van der Waals surface area contributed by atoms with E-state index in [4.69, 9.17) is 9.90 Å². The summed E-state index contributed by atoms with van der Waals surface area (Å²) in [6.07, 6.45) is -1.33. The molecule has 1 aliphatic heterocycles. The highest BCUT2D eigenvalue weighted by molar-refractivity contribution is 5.76. The molecule has 3 aromatic rings. The molecule has 0 bridgehead atoms. The summed E-state index contributed by atoms with van der Waals surface area (Å²) in [5.41, 5.74) is 4.26. The van der Waals surface area contributed by atoms with Gasteiger partial charge in [-0.1, -0.05) is 24.3 Å². The lowest BCUT2D eigenvalue weighted by Crippen LogP contribution is -2.38. The van der Waals surface area contributed by atoms with E-state index in [1.165, 1.54) is 11.1 Å². The molecular weight excluding hydrogens is 427 g/mol. The number of aromatic nitrogens is 3. The highest BCUT2D eigenvalue weighted by Crippen LogP contribution is 2.21. The van der Waals surface area contributed by atoms with Gasteiger partial charge in [-0.25, -0.2) is 14.8 Å². The van der Waals surface area contributed by atoms with E-state index in [-0.39, 0.29) is 11.9 Å². The Kier molecular flexibility index (Phi) is 7.41. The maximum atomic E-state index is 12.2. The maximum Gasteiger partial charge on any atom is 0.490 e. The van der Waals surface area contributed by atoms with Crippen LogP contribution in [0.25, 0.3) is 11.2 Å². The molecule has 4 rings (SSSR count). The first-order chi connectivity index (χ1) is 15.2. The minimum absolute atomic E-state index is 0.0401. The van der Waals surface area contributed by atoms with Crippen LogP contribution in [0.4, 0.5) is 13.2 Å². The SMILES string of the molecule is O=C(CCc1nc2ncccc2[nH]1)NCC1NCCc2ccccc21.O=C(O)C(F)(F)F. The fourth-order valence-electron chi connectivity index (χ4n) is 3.32. The van der Waals surface area contributed by atoms with Crippen molar-refractivity contribution in [3.8, 4) is 0 Å². The number of alkyl halides is 3. The summed E-state index contributed by atoms with van der Waals surface area (Å²) in [5, 5.41) is 13.6. The standard InChI is InChI=1S/C19H21N5O.C2HF3O2/c25-18(8-7-17-23-15-6-3-10-21-19(15)24-17)22-12-16-14-5-2-1-4-13(14)9-11-20-16;3-2(4,5)1(6)7/h1-6,10,16,20H,7-9,11-12H2,(H,22,25)(H,21,23,24);(H,6,7). The van der Waals surface area contributed by atoms with Gasteiger partial charge in [0.25, 0.3) is 0 Å². The second-order valence-corrected chi connectivity index (χ2v) is 7.12. The summed E-state index contributed by atoms with van der Waals surface area (Å²) >= 11 is 0. The number of hydrogen-bond acceptors (Lipinski definition) is 5. The first-order valence-corrected chi connectivity index (χ1v) is 9.91. The average molecular weight is 449 g/mol. The molecule has 170 valence electrons. The summed E-state index contributed by atoms with van der Waals surface area (Å²) in [7, 11) is 0. The number of carboxylic acid groups (broad SMARTS) is 1. The van der Waals surface area contributed by atoms with Gasteiger partial charge in [-0.2, -0.15) is 13.2 Å². The second kappa shape index (κ2) is 10.2. The number of H-pyrrole nitrogens is 1. The van der Waals surface area contributed by atoms with Gasteiger partial charge in [-0.15, -0.1) is 0 Å². The molecule has 0 radical (unpaired) electrons. The summed E-state index contributed by atoms with van der Waals surface area (Å²) in [6.45, 7) is 1.56. The number of halogens is 3. The molecular formula is C21H22F3N5O3. The summed E-state index contributed by atoms with van der Waals surface area (Å²) in [4.78, 5) is 32.9. The van der Waals surface area contributed by atoms with Gasteiger partial charge in [0.15, 0.2) is 5.65 Å². The Bertz CT molecular complexity index is 1050. The molecule has 0 saturated carbocycles. The number of aliphatic carboxylic acids is 1. The van der Waals surface area contributed by atoms with Crippen molar-refractivity contribution in [3.63, 3.8) is 0 Å². The van der Waals surface area contributed by atoms with Crippen LogP contribution in [-0.4, -0.2) is 51.2 Å². The summed E-state index contributed by atoms with van der Waals surface area (Å²) < 4.78 is 31.7. The number of benzene rings is 1. The van der Waals surface area contributed by atoms with Gasteiger partial charge >= 0.3 is 12.1 Å². The smallest absolute Gasteiger partial charge is 0.475 e. The number of amides is 1. The molecule has 1 aromatic carbocycles. The zero-order chi connectivity index (χ0) is 23.1. The molecule has 4 N–H and O–H groups in total. The van der Waals surface area contributed by atoms with Crippen molar-refractivity contribution in [1.29, 1.82) is 0 Å². The molecule has 1 aliphatic rings. The molecule has 32 heavy (non-hydrogen) atoms. The highest BCUT2D eigenvalue weighted by Gasteiger charge is 2.38. The fourth-order valence-corrected chi connectivity index (χ4v) is 3.32. The van der Waals surface area contributed by atoms with Crippen molar-refractivity contribution >= 4 is 23.0 Å². The Morgan fingerprint density at radius 2 is 1.94 bits per heavy atom. The zero-order valence-electron chi connectivity index (χ0n) is 16.9. The lowest BCUT2D eigenvalue weighted by molar-refractivity contribution is -0.192. The molecule has 1 amide bonds. The van der Waals surface area contributed by atoms with Crippen molar-refractivity contribution in [1.82, 2.24) is 25.6 Å². The molecule has 0 spiro atoms. The van der Waals surface area contributed by atoms with E-state index >= 15 is 0 Å². The Labute approximate surface area is 181 Å². The van der Waals surface area contributed by atoms with Gasteiger partial charge in [0.1, 0.15) is 5.82 Å². The van der Waals surface area contributed by atoms with E-state index in [1.807, 2.05) is 12.1 Å². The Balaban J connectivity index is 0.000000360. The molecule has 0 fully saturated rings. The summed E-state index contributed by atoms with van der Waals surface area (Å²) in [5.74, 6) is -1.92. The first kappa shape index (κ1) is 23.2. The number of imidazole rings is 1. The first-order valence-electron chi connectivity index (χ1n) is 9.91. The van der Waals surface area contributed by atoms with Crippen molar-refractivity contribution < 1.29 is 27.9 Å². The number of fused-ring (bicyclic) bond motifs is 2. The molecule has 1 unspecified atom stereocenters. The minimum Gasteiger partial charge on any atom is -0.475 e. The van der Waals surface area contributed by atoms with Crippen molar-refractivity contribution in [2.24, 2.45) is 0 Å². The normalized spacial score (nSPS) is 15.4. The van der Waals surface area contributed by atoms with E-state index < -0.39 is 12.1 Å². The Morgan fingerprint density at radius 3 is 2.66 bits per heavy atom. The van der Waals surface area contributed by atoms with Gasteiger partial charge in [0.2, 0.25) is 5.91 Å². The molecule has 1 atom stereocenters. The number of nitrogens with one attached hydrogen (secondary N) is 3. The van der Waals surface area contributed by atoms with Gasteiger partial charge < -0.3 is 20.7 Å². The van der Waals surface area contributed by atoms with Gasteiger partial charge in [-0.05, 0) is 36.2 Å². The van der Waals surface area contributed by atoms with E-state index in [2.05, 4.69) is 49.9 Å². The highest BCUT2D eigenvalue weighted by atomic mass is 19.4. The topological polar surface area (TPSA) is 120 Å². The number of carbonyl (C=O) groups is 2. The Morgan fingerprint density at radius 1 is 1.19 bits per heavy atom. The van der Waals surface area contributed by atoms with Crippen LogP contribution in [0.1, 0.15) is 29.4 Å². The van der Waals surface area contributed by atoms with Crippen LogP contribution in [0, 0.1) is 0 Å². The predicted molar refractivity (Wildman–Crippen MR) is 110 cm³/mol. The van der Waals surface area contributed by atoms with Crippen LogP contribution in [0.2, 0.25) is 0 Å². The quantitative estimate of drug-likeness (QED) is 0.475.